The molecule has 1 unspecified atom stereocenters. The fraction of sp³-hybridized carbons (Fsp3) is 0.474. The molecule has 1 amide bonds. The van der Waals surface area contributed by atoms with E-state index in [-0.39, 0.29) is 11.8 Å². The molecule has 0 radical (unpaired) electrons. The number of carbonyl (C=O) groups is 1. The average Bonchev–Trinajstić information content (AvgIpc) is 3.43. The Morgan fingerprint density at radius 3 is 2.84 bits per heavy atom. The van der Waals surface area contributed by atoms with E-state index in [2.05, 4.69) is 33.5 Å². The molecule has 2 aromatic rings. The third kappa shape index (κ3) is 3.78. The number of hydrogen-bond acceptors (Lipinski definition) is 4. The van der Waals surface area contributed by atoms with Gasteiger partial charge in [-0.3, -0.25) is 19.4 Å². The molecule has 0 aromatic carbocycles. The Kier molecular flexibility index (Phi) is 4.59. The summed E-state index contributed by atoms with van der Waals surface area (Å²) in [4.78, 5) is 20.7. The van der Waals surface area contributed by atoms with Crippen LogP contribution in [0, 0.1) is 5.92 Å². The van der Waals surface area contributed by atoms with Crippen molar-refractivity contribution < 1.29 is 4.79 Å². The summed E-state index contributed by atoms with van der Waals surface area (Å²) >= 11 is 0. The Labute approximate surface area is 147 Å². The zero-order valence-corrected chi connectivity index (χ0v) is 14.3. The quantitative estimate of drug-likeness (QED) is 0.823. The van der Waals surface area contributed by atoms with Crippen LogP contribution in [0.15, 0.2) is 36.8 Å². The summed E-state index contributed by atoms with van der Waals surface area (Å²) in [5, 5.41) is 7.78. The lowest BCUT2D eigenvalue weighted by molar-refractivity contribution is -0.125. The Bertz CT molecular complexity index is 763. The largest absolute Gasteiger partial charge is 0.354 e. The summed E-state index contributed by atoms with van der Waals surface area (Å²) in [7, 11) is 0. The van der Waals surface area contributed by atoms with Crippen molar-refractivity contribution in [1.82, 2.24) is 25.1 Å². The SMILES string of the molecule is O=C(NCCn1nc(-c2cnccn2)cc1C1CC1)C1CC=CCC1. The van der Waals surface area contributed by atoms with Crippen LogP contribution in [-0.2, 0) is 11.3 Å². The minimum atomic E-state index is 0.126. The first-order valence-electron chi connectivity index (χ1n) is 9.08. The Morgan fingerprint density at radius 2 is 2.12 bits per heavy atom. The van der Waals surface area contributed by atoms with Crippen molar-refractivity contribution in [2.45, 2.75) is 44.6 Å². The van der Waals surface area contributed by atoms with Gasteiger partial charge in [-0.2, -0.15) is 5.10 Å². The molecule has 6 nitrogen and oxygen atoms in total. The van der Waals surface area contributed by atoms with Gasteiger partial charge < -0.3 is 5.32 Å². The molecule has 0 spiro atoms. The molecule has 0 saturated heterocycles. The number of carbonyl (C=O) groups excluding carboxylic acids is 1. The molecule has 0 bridgehead atoms. The van der Waals surface area contributed by atoms with E-state index in [1.54, 1.807) is 18.6 Å². The number of amides is 1. The van der Waals surface area contributed by atoms with Crippen LogP contribution in [0.3, 0.4) is 0 Å². The second-order valence-electron chi connectivity index (χ2n) is 6.81. The number of hydrogen-bond donors (Lipinski definition) is 1. The molecule has 1 fully saturated rings. The Morgan fingerprint density at radius 1 is 1.20 bits per heavy atom. The van der Waals surface area contributed by atoms with Crippen molar-refractivity contribution in [1.29, 1.82) is 0 Å². The smallest absolute Gasteiger partial charge is 0.223 e. The van der Waals surface area contributed by atoms with Crippen molar-refractivity contribution in [3.63, 3.8) is 0 Å². The van der Waals surface area contributed by atoms with Crippen molar-refractivity contribution in [2.75, 3.05) is 6.54 Å². The summed E-state index contributed by atoms with van der Waals surface area (Å²) in [6, 6.07) is 2.12. The van der Waals surface area contributed by atoms with Crippen LogP contribution in [0.5, 0.6) is 0 Å². The minimum absolute atomic E-state index is 0.126. The predicted molar refractivity (Wildman–Crippen MR) is 94.7 cm³/mol. The number of allylic oxidation sites excluding steroid dienone is 2. The standard InChI is InChI=1S/C19H23N5O/c25-19(15-4-2-1-3-5-15)22-10-11-24-18(14-6-7-14)12-16(23-24)17-13-20-8-9-21-17/h1-2,8-9,12-15H,3-7,10-11H2,(H,22,25). The summed E-state index contributed by atoms with van der Waals surface area (Å²) in [5.74, 6) is 0.886. The van der Waals surface area contributed by atoms with Gasteiger partial charge in [-0.25, -0.2) is 0 Å². The molecule has 4 rings (SSSR count). The van der Waals surface area contributed by atoms with E-state index in [9.17, 15) is 4.79 Å². The summed E-state index contributed by atoms with van der Waals surface area (Å²) < 4.78 is 2.03. The first kappa shape index (κ1) is 16.0. The van der Waals surface area contributed by atoms with Crippen LogP contribution in [0.25, 0.3) is 11.4 Å². The van der Waals surface area contributed by atoms with Gasteiger partial charge in [-0.05, 0) is 38.2 Å². The number of nitrogens with zero attached hydrogens (tertiary/aromatic N) is 4. The van der Waals surface area contributed by atoms with Crippen LogP contribution in [0.4, 0.5) is 0 Å². The highest BCUT2D eigenvalue weighted by Crippen LogP contribution is 2.41. The molecule has 2 heterocycles. The number of rotatable bonds is 6. The molecule has 2 aromatic heterocycles. The second kappa shape index (κ2) is 7.17. The fourth-order valence-corrected chi connectivity index (χ4v) is 3.34. The monoisotopic (exact) mass is 337 g/mol. The highest BCUT2D eigenvalue weighted by atomic mass is 16.1. The number of nitrogens with one attached hydrogen (secondary N) is 1. The van der Waals surface area contributed by atoms with E-state index < -0.39 is 0 Å². The van der Waals surface area contributed by atoms with Crippen molar-refractivity contribution in [2.24, 2.45) is 5.92 Å². The fourth-order valence-electron chi connectivity index (χ4n) is 3.34. The molecule has 130 valence electrons. The van der Waals surface area contributed by atoms with Gasteiger partial charge in [-0.1, -0.05) is 12.2 Å². The zero-order valence-electron chi connectivity index (χ0n) is 14.3. The molecule has 2 aliphatic rings. The topological polar surface area (TPSA) is 72.7 Å². The van der Waals surface area contributed by atoms with Gasteiger partial charge >= 0.3 is 0 Å². The van der Waals surface area contributed by atoms with Gasteiger partial charge in [0, 0.05) is 36.5 Å². The molecule has 1 N–H and O–H groups in total. The molecule has 0 aliphatic heterocycles. The van der Waals surface area contributed by atoms with Gasteiger partial charge in [0.25, 0.3) is 0 Å². The lowest BCUT2D eigenvalue weighted by Crippen LogP contribution is -2.33. The van der Waals surface area contributed by atoms with E-state index >= 15 is 0 Å². The molecule has 25 heavy (non-hydrogen) atoms. The molecule has 1 saturated carbocycles. The van der Waals surface area contributed by atoms with Crippen molar-refractivity contribution >= 4 is 5.91 Å². The maximum atomic E-state index is 12.3. The van der Waals surface area contributed by atoms with Gasteiger partial charge in [0.1, 0.15) is 11.4 Å². The molecule has 2 aliphatic carbocycles. The predicted octanol–water partition coefficient (Wildman–Crippen LogP) is 2.69. The van der Waals surface area contributed by atoms with Crippen molar-refractivity contribution in [3.05, 3.63) is 42.5 Å². The highest BCUT2D eigenvalue weighted by molar-refractivity contribution is 5.78. The third-order valence-electron chi connectivity index (χ3n) is 4.90. The first-order chi connectivity index (χ1) is 12.3. The van der Waals surface area contributed by atoms with Crippen LogP contribution in [0.1, 0.15) is 43.7 Å². The van der Waals surface area contributed by atoms with E-state index in [1.165, 1.54) is 18.5 Å². The second-order valence-corrected chi connectivity index (χ2v) is 6.81. The lowest BCUT2D eigenvalue weighted by Gasteiger charge is -2.17. The number of aromatic nitrogens is 4. The van der Waals surface area contributed by atoms with Gasteiger partial charge in [0.05, 0.1) is 12.7 Å². The van der Waals surface area contributed by atoms with E-state index in [0.717, 1.165) is 30.7 Å². The maximum Gasteiger partial charge on any atom is 0.223 e. The van der Waals surface area contributed by atoms with Gasteiger partial charge in [0.15, 0.2) is 0 Å². The van der Waals surface area contributed by atoms with Crippen LogP contribution in [0.2, 0.25) is 0 Å². The lowest BCUT2D eigenvalue weighted by atomic mass is 9.94. The molecule has 1 atom stereocenters. The molecule has 6 heteroatoms. The van der Waals surface area contributed by atoms with Crippen LogP contribution >= 0.6 is 0 Å². The van der Waals surface area contributed by atoms with Crippen LogP contribution in [-0.4, -0.2) is 32.2 Å². The Balaban J connectivity index is 1.40. The highest BCUT2D eigenvalue weighted by Gasteiger charge is 2.28. The first-order valence-corrected chi connectivity index (χ1v) is 9.08. The summed E-state index contributed by atoms with van der Waals surface area (Å²) in [6.45, 7) is 1.31. The third-order valence-corrected chi connectivity index (χ3v) is 4.90. The molecular formula is C19H23N5O. The zero-order chi connectivity index (χ0) is 17.1. The van der Waals surface area contributed by atoms with E-state index in [4.69, 9.17) is 5.10 Å². The van der Waals surface area contributed by atoms with Gasteiger partial charge in [0.2, 0.25) is 5.91 Å². The minimum Gasteiger partial charge on any atom is -0.354 e. The Hall–Kier alpha value is -2.50. The van der Waals surface area contributed by atoms with Crippen molar-refractivity contribution in [3.8, 4) is 11.4 Å². The average molecular weight is 337 g/mol. The van der Waals surface area contributed by atoms with Gasteiger partial charge in [-0.15, -0.1) is 0 Å². The van der Waals surface area contributed by atoms with Crippen LogP contribution < -0.4 is 5.32 Å². The van der Waals surface area contributed by atoms with E-state index in [0.29, 0.717) is 19.0 Å². The maximum absolute atomic E-state index is 12.3. The molecular weight excluding hydrogens is 314 g/mol. The summed E-state index contributed by atoms with van der Waals surface area (Å²) in [5.41, 5.74) is 2.90. The summed E-state index contributed by atoms with van der Waals surface area (Å²) in [6.07, 6.45) is 14.6. The van der Waals surface area contributed by atoms with E-state index in [1.807, 2.05) is 4.68 Å². The normalized spacial score (nSPS) is 19.8.